The van der Waals surface area contributed by atoms with Crippen LogP contribution in [-0.4, -0.2) is 30.6 Å². The molecule has 0 aliphatic carbocycles. The average Bonchev–Trinajstić information content (AvgIpc) is 2.43. The minimum Gasteiger partial charge on any atom is -0.466 e. The number of esters is 3. The second-order valence-electron chi connectivity index (χ2n) is 5.28. The molecule has 0 saturated carbocycles. The first-order valence-electron chi connectivity index (χ1n) is 6.53. The van der Waals surface area contributed by atoms with Gasteiger partial charge in [0.2, 0.25) is 0 Å². The summed E-state index contributed by atoms with van der Waals surface area (Å²) in [5.74, 6) is -2.04. The predicted molar refractivity (Wildman–Crippen MR) is 78.4 cm³/mol. The molecular weight excluding hydrogens is 288 g/mol. The van der Waals surface area contributed by atoms with Crippen LogP contribution in [0.25, 0.3) is 0 Å². The zero-order valence-electron chi connectivity index (χ0n) is 12.9. The van der Waals surface area contributed by atoms with E-state index in [9.17, 15) is 14.4 Å². The molecule has 0 aliphatic rings. The summed E-state index contributed by atoms with van der Waals surface area (Å²) in [6, 6.07) is 6.19. The van der Waals surface area contributed by atoms with Crippen molar-refractivity contribution in [2.24, 2.45) is 0 Å². The highest BCUT2D eigenvalue weighted by atomic mass is 16.6. The van der Waals surface area contributed by atoms with Crippen molar-refractivity contribution in [2.45, 2.75) is 26.4 Å². The zero-order valence-corrected chi connectivity index (χ0v) is 12.9. The van der Waals surface area contributed by atoms with Crippen molar-refractivity contribution in [2.75, 3.05) is 7.11 Å². The molecule has 0 bridgehead atoms. The quantitative estimate of drug-likeness (QED) is 0.482. The molecule has 0 spiro atoms. The summed E-state index contributed by atoms with van der Waals surface area (Å²) in [4.78, 5) is 34.6. The summed E-state index contributed by atoms with van der Waals surface area (Å²) < 4.78 is 14.6. The van der Waals surface area contributed by atoms with Gasteiger partial charge in [-0.1, -0.05) is 12.1 Å². The number of para-hydroxylation sites is 1. The van der Waals surface area contributed by atoms with Crippen LogP contribution in [0.2, 0.25) is 0 Å². The molecule has 0 N–H and O–H groups in total. The maximum absolute atomic E-state index is 12.1. The summed E-state index contributed by atoms with van der Waals surface area (Å²) in [7, 11) is 1.19. The Morgan fingerprint density at radius 1 is 1.00 bits per heavy atom. The van der Waals surface area contributed by atoms with Crippen LogP contribution in [-0.2, 0) is 19.1 Å². The van der Waals surface area contributed by atoms with E-state index in [1.54, 1.807) is 32.9 Å². The van der Waals surface area contributed by atoms with E-state index in [2.05, 4.69) is 4.74 Å². The molecule has 0 unspecified atom stereocenters. The van der Waals surface area contributed by atoms with Crippen molar-refractivity contribution in [3.63, 3.8) is 0 Å². The average molecular weight is 306 g/mol. The lowest BCUT2D eigenvalue weighted by Crippen LogP contribution is -2.24. The van der Waals surface area contributed by atoms with Gasteiger partial charge in [0.05, 0.1) is 7.11 Å². The van der Waals surface area contributed by atoms with E-state index in [1.807, 2.05) is 0 Å². The third-order valence-electron chi connectivity index (χ3n) is 2.27. The Morgan fingerprint density at radius 2 is 1.59 bits per heavy atom. The summed E-state index contributed by atoms with van der Waals surface area (Å²) in [5.41, 5.74) is -0.545. The SMILES string of the molecule is COC(=O)/C=C/C(=O)Oc1ccccc1C(=O)OC(C)(C)C. The van der Waals surface area contributed by atoms with E-state index >= 15 is 0 Å². The Labute approximate surface area is 128 Å². The highest BCUT2D eigenvalue weighted by Crippen LogP contribution is 2.21. The molecule has 0 atom stereocenters. The van der Waals surface area contributed by atoms with Crippen molar-refractivity contribution in [3.8, 4) is 5.75 Å². The van der Waals surface area contributed by atoms with Gasteiger partial charge in [-0.25, -0.2) is 14.4 Å². The third-order valence-corrected chi connectivity index (χ3v) is 2.27. The Kier molecular flexibility index (Phi) is 5.86. The van der Waals surface area contributed by atoms with Crippen LogP contribution >= 0.6 is 0 Å². The zero-order chi connectivity index (χ0) is 16.8. The first-order chi connectivity index (χ1) is 10.2. The Balaban J connectivity index is 2.88. The minimum absolute atomic E-state index is 0.0521. The highest BCUT2D eigenvalue weighted by molar-refractivity contribution is 5.96. The van der Waals surface area contributed by atoms with E-state index in [0.717, 1.165) is 12.2 Å². The number of carbonyl (C=O) groups is 3. The first kappa shape index (κ1) is 17.4. The minimum atomic E-state index is -0.804. The fourth-order valence-corrected chi connectivity index (χ4v) is 1.40. The summed E-state index contributed by atoms with van der Waals surface area (Å²) in [6.07, 6.45) is 1.84. The van der Waals surface area contributed by atoms with Gasteiger partial charge in [-0.15, -0.1) is 0 Å². The monoisotopic (exact) mass is 306 g/mol. The van der Waals surface area contributed by atoms with Gasteiger partial charge in [0.1, 0.15) is 16.9 Å². The smallest absolute Gasteiger partial charge is 0.342 e. The number of carbonyl (C=O) groups excluding carboxylic acids is 3. The van der Waals surface area contributed by atoms with Gasteiger partial charge < -0.3 is 14.2 Å². The largest absolute Gasteiger partial charge is 0.466 e. The van der Waals surface area contributed by atoms with Crippen LogP contribution < -0.4 is 4.74 Å². The molecule has 118 valence electrons. The van der Waals surface area contributed by atoms with Crippen molar-refractivity contribution in [3.05, 3.63) is 42.0 Å². The van der Waals surface area contributed by atoms with Crippen molar-refractivity contribution >= 4 is 17.9 Å². The Bertz CT molecular complexity index is 595. The van der Waals surface area contributed by atoms with E-state index in [1.165, 1.54) is 19.2 Å². The topological polar surface area (TPSA) is 78.9 Å². The number of methoxy groups -OCH3 is 1. The molecule has 1 rings (SSSR count). The molecule has 1 aromatic carbocycles. The summed E-state index contributed by atoms with van der Waals surface area (Å²) >= 11 is 0. The Morgan fingerprint density at radius 3 is 2.18 bits per heavy atom. The van der Waals surface area contributed by atoms with Crippen LogP contribution in [0.5, 0.6) is 5.75 Å². The van der Waals surface area contributed by atoms with Crippen LogP contribution in [0.4, 0.5) is 0 Å². The lowest BCUT2D eigenvalue weighted by molar-refractivity contribution is -0.135. The maximum Gasteiger partial charge on any atom is 0.342 e. The molecule has 6 nitrogen and oxygen atoms in total. The highest BCUT2D eigenvalue weighted by Gasteiger charge is 2.21. The molecule has 0 radical (unpaired) electrons. The van der Waals surface area contributed by atoms with Crippen LogP contribution in [0.15, 0.2) is 36.4 Å². The summed E-state index contributed by atoms with van der Waals surface area (Å²) in [5, 5.41) is 0. The van der Waals surface area contributed by atoms with E-state index in [-0.39, 0.29) is 11.3 Å². The number of rotatable bonds is 4. The van der Waals surface area contributed by atoms with Gasteiger partial charge in [0, 0.05) is 12.2 Å². The standard InChI is InChI=1S/C16H18O6/c1-16(2,3)22-15(19)11-7-5-6-8-12(11)21-14(18)10-9-13(17)20-4/h5-10H,1-4H3/b10-9+. The molecule has 0 heterocycles. The number of hydrogen-bond acceptors (Lipinski definition) is 6. The lowest BCUT2D eigenvalue weighted by Gasteiger charge is -2.20. The molecular formula is C16H18O6. The summed E-state index contributed by atoms with van der Waals surface area (Å²) in [6.45, 7) is 5.20. The molecule has 0 saturated heterocycles. The third kappa shape index (κ3) is 5.78. The molecule has 6 heteroatoms. The van der Waals surface area contributed by atoms with E-state index < -0.39 is 23.5 Å². The van der Waals surface area contributed by atoms with Crippen molar-refractivity contribution in [1.82, 2.24) is 0 Å². The molecule has 1 aromatic rings. The maximum atomic E-state index is 12.1. The number of benzene rings is 1. The second kappa shape index (κ2) is 7.40. The van der Waals surface area contributed by atoms with Crippen LogP contribution in [0.3, 0.4) is 0 Å². The first-order valence-corrected chi connectivity index (χ1v) is 6.53. The lowest BCUT2D eigenvalue weighted by atomic mass is 10.1. The van der Waals surface area contributed by atoms with Crippen molar-refractivity contribution < 1.29 is 28.6 Å². The molecule has 22 heavy (non-hydrogen) atoms. The van der Waals surface area contributed by atoms with Crippen molar-refractivity contribution in [1.29, 1.82) is 0 Å². The number of ether oxygens (including phenoxy) is 3. The number of hydrogen-bond donors (Lipinski definition) is 0. The van der Waals surface area contributed by atoms with E-state index in [4.69, 9.17) is 9.47 Å². The fraction of sp³-hybridized carbons (Fsp3) is 0.312. The molecule has 0 aromatic heterocycles. The fourth-order valence-electron chi connectivity index (χ4n) is 1.40. The molecule has 0 aliphatic heterocycles. The van der Waals surface area contributed by atoms with Gasteiger partial charge in [-0.2, -0.15) is 0 Å². The van der Waals surface area contributed by atoms with E-state index in [0.29, 0.717) is 0 Å². The van der Waals surface area contributed by atoms with Gasteiger partial charge in [-0.3, -0.25) is 0 Å². The second-order valence-corrected chi connectivity index (χ2v) is 5.28. The van der Waals surface area contributed by atoms with Gasteiger partial charge in [0.25, 0.3) is 0 Å². The molecule has 0 fully saturated rings. The van der Waals surface area contributed by atoms with Gasteiger partial charge in [0.15, 0.2) is 0 Å². The van der Waals surface area contributed by atoms with Crippen LogP contribution in [0.1, 0.15) is 31.1 Å². The predicted octanol–water partition coefficient (Wildman–Crippen LogP) is 2.28. The Hall–Kier alpha value is -2.63. The van der Waals surface area contributed by atoms with Crippen LogP contribution in [0, 0.1) is 0 Å². The van der Waals surface area contributed by atoms with Gasteiger partial charge >= 0.3 is 17.9 Å². The van der Waals surface area contributed by atoms with Gasteiger partial charge in [-0.05, 0) is 32.9 Å². The molecule has 0 amide bonds. The normalized spacial score (nSPS) is 11.1.